The van der Waals surface area contributed by atoms with Crippen molar-refractivity contribution in [2.75, 3.05) is 18.4 Å². The van der Waals surface area contributed by atoms with Crippen molar-refractivity contribution in [2.45, 2.75) is 20.8 Å². The van der Waals surface area contributed by atoms with Crippen LogP contribution in [-0.2, 0) is 4.79 Å². The zero-order chi connectivity index (χ0) is 12.8. The van der Waals surface area contributed by atoms with Gasteiger partial charge in [0, 0.05) is 10.7 Å². The van der Waals surface area contributed by atoms with Crippen molar-refractivity contribution < 1.29 is 4.79 Å². The fourth-order valence-corrected chi connectivity index (χ4v) is 1.53. The van der Waals surface area contributed by atoms with Crippen LogP contribution in [0.1, 0.15) is 19.4 Å². The summed E-state index contributed by atoms with van der Waals surface area (Å²) < 4.78 is 0. The summed E-state index contributed by atoms with van der Waals surface area (Å²) in [5.74, 6) is 0.488. The normalized spacial score (nSPS) is 10.6. The van der Waals surface area contributed by atoms with Gasteiger partial charge in [-0.25, -0.2) is 0 Å². The number of nitrogens with one attached hydrogen (secondary N) is 2. The van der Waals surface area contributed by atoms with Crippen molar-refractivity contribution in [1.82, 2.24) is 5.32 Å². The second-order valence-corrected chi connectivity index (χ2v) is 4.94. The Kier molecular flexibility index (Phi) is 5.45. The van der Waals surface area contributed by atoms with Crippen LogP contribution in [0.5, 0.6) is 0 Å². The highest BCUT2D eigenvalue weighted by Gasteiger charge is 2.03. The molecule has 0 radical (unpaired) electrons. The number of amides is 1. The standard InChI is InChI=1S/C13H19ClN2O/c1-9(2)7-15-8-13(17)16-11-5-4-10(3)12(14)6-11/h4-6,9,15H,7-8H2,1-3H3,(H,16,17). The average Bonchev–Trinajstić information content (AvgIpc) is 2.23. The zero-order valence-electron chi connectivity index (χ0n) is 10.5. The van der Waals surface area contributed by atoms with E-state index in [1.165, 1.54) is 0 Å². The minimum absolute atomic E-state index is 0.0504. The van der Waals surface area contributed by atoms with E-state index in [1.54, 1.807) is 6.07 Å². The van der Waals surface area contributed by atoms with Crippen LogP contribution in [0, 0.1) is 12.8 Å². The lowest BCUT2D eigenvalue weighted by molar-refractivity contribution is -0.115. The Balaban J connectivity index is 2.42. The number of rotatable bonds is 5. The summed E-state index contributed by atoms with van der Waals surface area (Å²) >= 11 is 5.98. The van der Waals surface area contributed by atoms with Crippen LogP contribution in [0.2, 0.25) is 5.02 Å². The second kappa shape index (κ2) is 6.62. The Bertz CT molecular complexity index is 391. The van der Waals surface area contributed by atoms with Crippen LogP contribution in [0.15, 0.2) is 18.2 Å². The molecule has 0 atom stereocenters. The fraction of sp³-hybridized carbons (Fsp3) is 0.462. The summed E-state index contributed by atoms with van der Waals surface area (Å²) in [6, 6.07) is 5.50. The van der Waals surface area contributed by atoms with Gasteiger partial charge in [-0.15, -0.1) is 0 Å². The van der Waals surface area contributed by atoms with E-state index in [1.807, 2.05) is 19.1 Å². The monoisotopic (exact) mass is 254 g/mol. The molecule has 0 aliphatic rings. The Morgan fingerprint density at radius 3 is 2.71 bits per heavy atom. The molecule has 1 aromatic rings. The first-order chi connectivity index (χ1) is 7.99. The first kappa shape index (κ1) is 14.0. The summed E-state index contributed by atoms with van der Waals surface area (Å²) in [5.41, 5.74) is 1.74. The largest absolute Gasteiger partial charge is 0.325 e. The number of anilines is 1. The molecule has 3 nitrogen and oxygen atoms in total. The lowest BCUT2D eigenvalue weighted by atomic mass is 10.2. The Morgan fingerprint density at radius 1 is 1.41 bits per heavy atom. The average molecular weight is 255 g/mol. The topological polar surface area (TPSA) is 41.1 Å². The van der Waals surface area contributed by atoms with Crippen molar-refractivity contribution in [1.29, 1.82) is 0 Å². The Morgan fingerprint density at radius 2 is 2.12 bits per heavy atom. The van der Waals surface area contributed by atoms with E-state index in [0.717, 1.165) is 17.8 Å². The van der Waals surface area contributed by atoms with E-state index in [0.29, 0.717) is 17.5 Å². The van der Waals surface area contributed by atoms with E-state index >= 15 is 0 Å². The van der Waals surface area contributed by atoms with E-state index in [2.05, 4.69) is 24.5 Å². The molecular formula is C13H19ClN2O. The van der Waals surface area contributed by atoms with E-state index < -0.39 is 0 Å². The number of carbonyl (C=O) groups excluding carboxylic acids is 1. The van der Waals surface area contributed by atoms with Gasteiger partial charge in [0.1, 0.15) is 0 Å². The van der Waals surface area contributed by atoms with Crippen molar-refractivity contribution in [3.05, 3.63) is 28.8 Å². The Hall–Kier alpha value is -1.06. The summed E-state index contributed by atoms with van der Waals surface area (Å²) in [6.07, 6.45) is 0. The third kappa shape index (κ3) is 5.20. The molecule has 1 aromatic carbocycles. The maximum Gasteiger partial charge on any atom is 0.238 e. The third-order valence-electron chi connectivity index (χ3n) is 2.29. The van der Waals surface area contributed by atoms with E-state index in [9.17, 15) is 4.79 Å². The van der Waals surface area contributed by atoms with Crippen molar-refractivity contribution in [3.63, 3.8) is 0 Å². The number of hydrogen-bond acceptors (Lipinski definition) is 2. The van der Waals surface area contributed by atoms with Crippen LogP contribution < -0.4 is 10.6 Å². The maximum atomic E-state index is 11.6. The van der Waals surface area contributed by atoms with Gasteiger partial charge in [-0.1, -0.05) is 31.5 Å². The van der Waals surface area contributed by atoms with Gasteiger partial charge in [0.25, 0.3) is 0 Å². The zero-order valence-corrected chi connectivity index (χ0v) is 11.3. The van der Waals surface area contributed by atoms with Gasteiger partial charge >= 0.3 is 0 Å². The van der Waals surface area contributed by atoms with Gasteiger partial charge in [0.05, 0.1) is 6.54 Å². The first-order valence-corrected chi connectivity index (χ1v) is 6.13. The van der Waals surface area contributed by atoms with Gasteiger partial charge in [0.2, 0.25) is 5.91 Å². The molecule has 0 aromatic heterocycles. The molecule has 0 bridgehead atoms. The molecule has 0 unspecified atom stereocenters. The SMILES string of the molecule is Cc1ccc(NC(=O)CNCC(C)C)cc1Cl. The summed E-state index contributed by atoms with van der Waals surface area (Å²) in [7, 11) is 0. The number of carbonyl (C=O) groups is 1. The molecule has 0 aliphatic heterocycles. The number of halogens is 1. The predicted octanol–water partition coefficient (Wildman–Crippen LogP) is 2.83. The van der Waals surface area contributed by atoms with Crippen LogP contribution >= 0.6 is 11.6 Å². The summed E-state index contributed by atoms with van der Waals surface area (Å²) in [4.78, 5) is 11.6. The molecule has 4 heteroatoms. The highest BCUT2D eigenvalue weighted by Crippen LogP contribution is 2.19. The Labute approximate surface area is 108 Å². The molecule has 0 fully saturated rings. The van der Waals surface area contributed by atoms with Gasteiger partial charge in [-0.3, -0.25) is 4.79 Å². The molecule has 0 heterocycles. The van der Waals surface area contributed by atoms with Crippen LogP contribution in [0.25, 0.3) is 0 Å². The fourth-order valence-electron chi connectivity index (χ4n) is 1.35. The quantitative estimate of drug-likeness (QED) is 0.848. The molecule has 0 aliphatic carbocycles. The molecule has 1 amide bonds. The maximum absolute atomic E-state index is 11.6. The van der Waals surface area contributed by atoms with Crippen molar-refractivity contribution >= 4 is 23.2 Å². The number of benzene rings is 1. The van der Waals surface area contributed by atoms with Crippen LogP contribution in [0.3, 0.4) is 0 Å². The molecular weight excluding hydrogens is 236 g/mol. The predicted molar refractivity (Wildman–Crippen MR) is 72.5 cm³/mol. The molecule has 0 saturated carbocycles. The van der Waals surface area contributed by atoms with E-state index in [4.69, 9.17) is 11.6 Å². The highest BCUT2D eigenvalue weighted by molar-refractivity contribution is 6.31. The van der Waals surface area contributed by atoms with Crippen LogP contribution in [-0.4, -0.2) is 19.0 Å². The lowest BCUT2D eigenvalue weighted by Crippen LogP contribution is -2.30. The smallest absolute Gasteiger partial charge is 0.238 e. The summed E-state index contributed by atoms with van der Waals surface area (Å²) in [5, 5.41) is 6.55. The van der Waals surface area contributed by atoms with E-state index in [-0.39, 0.29) is 5.91 Å². The first-order valence-electron chi connectivity index (χ1n) is 5.75. The molecule has 0 spiro atoms. The minimum atomic E-state index is -0.0504. The van der Waals surface area contributed by atoms with Crippen molar-refractivity contribution in [3.8, 4) is 0 Å². The summed E-state index contributed by atoms with van der Waals surface area (Å²) in [6.45, 7) is 7.29. The molecule has 0 saturated heterocycles. The second-order valence-electron chi connectivity index (χ2n) is 4.54. The van der Waals surface area contributed by atoms with Gasteiger partial charge in [-0.05, 0) is 37.1 Å². The number of hydrogen-bond donors (Lipinski definition) is 2. The lowest BCUT2D eigenvalue weighted by Gasteiger charge is -2.09. The molecule has 2 N–H and O–H groups in total. The van der Waals surface area contributed by atoms with Gasteiger partial charge in [0.15, 0.2) is 0 Å². The van der Waals surface area contributed by atoms with Gasteiger partial charge in [-0.2, -0.15) is 0 Å². The van der Waals surface area contributed by atoms with Crippen molar-refractivity contribution in [2.24, 2.45) is 5.92 Å². The van der Waals surface area contributed by atoms with Crippen LogP contribution in [0.4, 0.5) is 5.69 Å². The third-order valence-corrected chi connectivity index (χ3v) is 2.70. The molecule has 17 heavy (non-hydrogen) atoms. The molecule has 94 valence electrons. The highest BCUT2D eigenvalue weighted by atomic mass is 35.5. The van der Waals surface area contributed by atoms with Gasteiger partial charge < -0.3 is 10.6 Å². The molecule has 1 rings (SSSR count). The minimum Gasteiger partial charge on any atom is -0.325 e. The number of aryl methyl sites for hydroxylation is 1.